The zero-order chi connectivity index (χ0) is 10.4. The van der Waals surface area contributed by atoms with E-state index in [1.807, 2.05) is 0 Å². The van der Waals surface area contributed by atoms with E-state index >= 15 is 0 Å². The number of nitrogens with zero attached hydrogens (tertiary/aromatic N) is 3. The summed E-state index contributed by atoms with van der Waals surface area (Å²) >= 11 is 5.46. The number of amides is 1. The van der Waals surface area contributed by atoms with Gasteiger partial charge < -0.3 is 5.32 Å². The van der Waals surface area contributed by atoms with Gasteiger partial charge in [0.05, 0.1) is 6.04 Å². The van der Waals surface area contributed by atoms with Crippen LogP contribution in [0.4, 0.5) is 0 Å². The second-order valence-corrected chi connectivity index (χ2v) is 3.23. The molecule has 0 saturated carbocycles. The van der Waals surface area contributed by atoms with Crippen LogP contribution >= 0.6 is 11.6 Å². The van der Waals surface area contributed by atoms with E-state index in [0.717, 1.165) is 0 Å². The molecule has 0 aliphatic rings. The van der Waals surface area contributed by atoms with Crippen molar-refractivity contribution in [3.63, 3.8) is 0 Å². The van der Waals surface area contributed by atoms with Crippen LogP contribution in [0.15, 0.2) is 0 Å². The largest absolute Gasteiger partial charge is 0.346 e. The van der Waals surface area contributed by atoms with Crippen LogP contribution in [-0.2, 0) is 4.79 Å². The Morgan fingerprint density at radius 1 is 1.71 bits per heavy atom. The van der Waals surface area contributed by atoms with Crippen LogP contribution in [-0.4, -0.2) is 32.4 Å². The van der Waals surface area contributed by atoms with Crippen molar-refractivity contribution in [3.05, 3.63) is 5.82 Å². The van der Waals surface area contributed by atoms with Gasteiger partial charge >= 0.3 is 0 Å². The van der Waals surface area contributed by atoms with Gasteiger partial charge in [-0.1, -0.05) is 5.21 Å². The molecule has 1 aromatic rings. The minimum Gasteiger partial charge on any atom is -0.346 e. The summed E-state index contributed by atoms with van der Waals surface area (Å²) in [6, 6.07) is -0.225. The molecule has 6 nitrogen and oxygen atoms in total. The number of carbonyl (C=O) groups excluding carboxylic acids is 1. The Labute approximate surface area is 86.4 Å². The third-order valence-electron chi connectivity index (χ3n) is 1.66. The Bertz CT molecular complexity index is 276. The molecule has 14 heavy (non-hydrogen) atoms. The molecule has 1 unspecified atom stereocenters. The van der Waals surface area contributed by atoms with E-state index in [4.69, 9.17) is 11.6 Å². The van der Waals surface area contributed by atoms with Crippen molar-refractivity contribution in [1.29, 1.82) is 0 Å². The molecule has 0 aliphatic carbocycles. The summed E-state index contributed by atoms with van der Waals surface area (Å²) in [6.07, 6.45) is 1.10. The highest BCUT2D eigenvalue weighted by Gasteiger charge is 2.12. The molecule has 78 valence electrons. The number of H-pyrrole nitrogens is 1. The Balaban J connectivity index is 2.33. The van der Waals surface area contributed by atoms with E-state index in [2.05, 4.69) is 25.9 Å². The first kappa shape index (κ1) is 10.9. The first-order valence-corrected chi connectivity index (χ1v) is 4.86. The number of hydrogen-bond acceptors (Lipinski definition) is 4. The minimum atomic E-state index is -0.225. The van der Waals surface area contributed by atoms with Crippen LogP contribution in [0, 0.1) is 0 Å². The molecule has 1 heterocycles. The summed E-state index contributed by atoms with van der Waals surface area (Å²) in [4.78, 5) is 11.3. The topological polar surface area (TPSA) is 83.6 Å². The van der Waals surface area contributed by atoms with Crippen LogP contribution in [0.3, 0.4) is 0 Å². The predicted octanol–water partition coefficient (Wildman–Crippen LogP) is 0.396. The maximum atomic E-state index is 11.3. The van der Waals surface area contributed by atoms with E-state index in [9.17, 15) is 4.79 Å². The summed E-state index contributed by atoms with van der Waals surface area (Å²) in [5, 5.41) is 16.0. The second kappa shape index (κ2) is 5.54. The fourth-order valence-corrected chi connectivity index (χ4v) is 1.09. The molecule has 0 saturated heterocycles. The van der Waals surface area contributed by atoms with E-state index in [1.165, 1.54) is 0 Å². The molecule has 0 fully saturated rings. The van der Waals surface area contributed by atoms with Gasteiger partial charge in [-0.05, 0) is 13.3 Å². The number of aromatic nitrogens is 4. The summed E-state index contributed by atoms with van der Waals surface area (Å²) in [5.41, 5.74) is 0. The quantitative estimate of drug-likeness (QED) is 0.700. The first-order chi connectivity index (χ1) is 6.74. The number of alkyl halides is 1. The average Bonchev–Trinajstić information content (AvgIpc) is 2.67. The maximum Gasteiger partial charge on any atom is 0.220 e. The standard InChI is InChI=1S/C7H12ClN5O/c1-5(7-10-12-13-11-7)9-6(14)3-2-4-8/h5H,2-4H2,1H3,(H,9,14)(H,10,11,12,13). The highest BCUT2D eigenvalue weighted by Crippen LogP contribution is 2.03. The Morgan fingerprint density at radius 2 is 2.50 bits per heavy atom. The number of aromatic amines is 1. The van der Waals surface area contributed by atoms with Gasteiger partial charge in [0.1, 0.15) is 0 Å². The van der Waals surface area contributed by atoms with Crippen molar-refractivity contribution in [3.8, 4) is 0 Å². The van der Waals surface area contributed by atoms with E-state index in [0.29, 0.717) is 24.5 Å². The van der Waals surface area contributed by atoms with Gasteiger partial charge in [0.15, 0.2) is 5.82 Å². The molecule has 2 N–H and O–H groups in total. The molecule has 0 bridgehead atoms. The number of rotatable bonds is 5. The Morgan fingerprint density at radius 3 is 3.07 bits per heavy atom. The molecule has 0 aliphatic heterocycles. The van der Waals surface area contributed by atoms with Crippen molar-refractivity contribution in [2.24, 2.45) is 0 Å². The molecule has 0 spiro atoms. The summed E-state index contributed by atoms with van der Waals surface area (Å²) in [7, 11) is 0. The smallest absolute Gasteiger partial charge is 0.220 e. The third kappa shape index (κ3) is 3.29. The van der Waals surface area contributed by atoms with Crippen LogP contribution in [0.5, 0.6) is 0 Å². The van der Waals surface area contributed by atoms with Crippen LogP contribution < -0.4 is 5.32 Å². The lowest BCUT2D eigenvalue weighted by molar-refractivity contribution is -0.121. The van der Waals surface area contributed by atoms with E-state index in [-0.39, 0.29) is 11.9 Å². The lowest BCUT2D eigenvalue weighted by atomic mass is 10.2. The SMILES string of the molecule is CC(NC(=O)CCCCl)c1nn[nH]n1. The summed E-state index contributed by atoms with van der Waals surface area (Å²) < 4.78 is 0. The van der Waals surface area contributed by atoms with Crippen LogP contribution in [0.2, 0.25) is 0 Å². The van der Waals surface area contributed by atoms with Crippen molar-refractivity contribution >= 4 is 17.5 Å². The van der Waals surface area contributed by atoms with Crippen molar-refractivity contribution in [2.75, 3.05) is 5.88 Å². The lowest BCUT2D eigenvalue weighted by Crippen LogP contribution is -2.27. The second-order valence-electron chi connectivity index (χ2n) is 2.85. The molecular formula is C7H12ClN5O. The normalized spacial score (nSPS) is 12.4. The molecule has 0 radical (unpaired) electrons. The monoisotopic (exact) mass is 217 g/mol. The number of carbonyl (C=O) groups is 1. The Hall–Kier alpha value is -1.17. The number of hydrogen-bond donors (Lipinski definition) is 2. The van der Waals surface area contributed by atoms with E-state index < -0.39 is 0 Å². The molecule has 1 aromatic heterocycles. The van der Waals surface area contributed by atoms with Gasteiger partial charge in [-0.25, -0.2) is 0 Å². The summed E-state index contributed by atoms with van der Waals surface area (Å²) in [6.45, 7) is 1.80. The van der Waals surface area contributed by atoms with Gasteiger partial charge in [-0.3, -0.25) is 4.79 Å². The van der Waals surface area contributed by atoms with Crippen LogP contribution in [0.1, 0.15) is 31.6 Å². The van der Waals surface area contributed by atoms with Crippen molar-refractivity contribution < 1.29 is 4.79 Å². The molecule has 1 rings (SSSR count). The van der Waals surface area contributed by atoms with Gasteiger partial charge in [0.2, 0.25) is 5.91 Å². The zero-order valence-corrected chi connectivity index (χ0v) is 8.58. The van der Waals surface area contributed by atoms with Crippen molar-refractivity contribution in [2.45, 2.75) is 25.8 Å². The van der Waals surface area contributed by atoms with Crippen molar-refractivity contribution in [1.82, 2.24) is 25.9 Å². The lowest BCUT2D eigenvalue weighted by Gasteiger charge is -2.08. The first-order valence-electron chi connectivity index (χ1n) is 4.32. The maximum absolute atomic E-state index is 11.3. The van der Waals surface area contributed by atoms with Gasteiger partial charge in [-0.2, -0.15) is 5.21 Å². The number of tetrazole rings is 1. The van der Waals surface area contributed by atoms with E-state index in [1.54, 1.807) is 6.92 Å². The highest BCUT2D eigenvalue weighted by atomic mass is 35.5. The fraction of sp³-hybridized carbons (Fsp3) is 0.714. The molecule has 1 amide bonds. The molecule has 7 heteroatoms. The van der Waals surface area contributed by atoms with Gasteiger partial charge in [-0.15, -0.1) is 21.8 Å². The average molecular weight is 218 g/mol. The zero-order valence-electron chi connectivity index (χ0n) is 7.83. The minimum absolute atomic E-state index is 0.0528. The number of halogens is 1. The third-order valence-corrected chi connectivity index (χ3v) is 1.93. The highest BCUT2D eigenvalue weighted by molar-refractivity contribution is 6.17. The van der Waals surface area contributed by atoms with Gasteiger partial charge in [0, 0.05) is 12.3 Å². The fourth-order valence-electron chi connectivity index (χ4n) is 0.959. The van der Waals surface area contributed by atoms with Crippen LogP contribution in [0.25, 0.3) is 0 Å². The Kier molecular flexibility index (Phi) is 4.31. The van der Waals surface area contributed by atoms with Gasteiger partial charge in [0.25, 0.3) is 0 Å². The number of nitrogens with one attached hydrogen (secondary N) is 2. The summed E-state index contributed by atoms with van der Waals surface area (Å²) in [5.74, 6) is 0.913. The molecule has 1 atom stereocenters. The molecule has 0 aromatic carbocycles. The molecular weight excluding hydrogens is 206 g/mol. The predicted molar refractivity (Wildman–Crippen MR) is 50.7 cm³/mol.